The normalized spacial score (nSPS) is 12.3. The van der Waals surface area contributed by atoms with E-state index >= 15 is 0 Å². The Morgan fingerprint density at radius 1 is 1.45 bits per heavy atom. The Labute approximate surface area is 125 Å². The van der Waals surface area contributed by atoms with E-state index in [9.17, 15) is 4.79 Å². The van der Waals surface area contributed by atoms with Crippen molar-refractivity contribution in [1.29, 1.82) is 0 Å². The second-order valence-corrected chi connectivity index (χ2v) is 5.52. The van der Waals surface area contributed by atoms with E-state index in [1.165, 1.54) is 0 Å². The Balaban J connectivity index is 2.13. The zero-order valence-corrected chi connectivity index (χ0v) is 12.9. The molecular formula is C14H16BrN3O2. The molecule has 0 spiro atoms. The number of nitrogens with zero attached hydrogens (tertiary/aromatic N) is 2. The fourth-order valence-corrected chi connectivity index (χ4v) is 2.01. The highest BCUT2D eigenvalue weighted by atomic mass is 79.9. The molecule has 0 aliphatic rings. The lowest BCUT2D eigenvalue weighted by molar-refractivity contribution is -0.139. The molecule has 106 valence electrons. The third-order valence-corrected chi connectivity index (χ3v) is 3.59. The van der Waals surface area contributed by atoms with Gasteiger partial charge in [0.1, 0.15) is 6.04 Å². The Bertz CT molecular complexity index is 607. The van der Waals surface area contributed by atoms with E-state index < -0.39 is 12.0 Å². The molecule has 2 N–H and O–H groups in total. The highest BCUT2D eigenvalue weighted by Gasteiger charge is 2.12. The number of carbonyl (C=O) groups is 1. The molecular weight excluding hydrogens is 322 g/mol. The number of carboxylic acids is 1. The number of hydrogen-bond acceptors (Lipinski definition) is 3. The maximum atomic E-state index is 10.8. The number of aromatic nitrogens is 2. The van der Waals surface area contributed by atoms with Crippen LogP contribution in [0.15, 0.2) is 34.9 Å². The van der Waals surface area contributed by atoms with Gasteiger partial charge in [0, 0.05) is 22.8 Å². The number of hydrogen-bond donors (Lipinski definition) is 2. The van der Waals surface area contributed by atoms with Crippen LogP contribution in [0.1, 0.15) is 18.2 Å². The Kier molecular flexibility index (Phi) is 4.57. The van der Waals surface area contributed by atoms with Crippen LogP contribution in [0.25, 0.3) is 5.69 Å². The van der Waals surface area contributed by atoms with Crippen LogP contribution in [-0.2, 0) is 11.3 Å². The standard InChI is InChI=1S/C14H16BrN3O2/c1-9-11(7-16-10(2)14(19)20)8-18(17-9)13-5-3-12(15)4-6-13/h3-6,8,10,16H,7H2,1-2H3,(H,19,20). The van der Waals surface area contributed by atoms with Crippen LogP contribution >= 0.6 is 15.9 Å². The van der Waals surface area contributed by atoms with Crippen molar-refractivity contribution in [3.05, 3.63) is 46.2 Å². The highest BCUT2D eigenvalue weighted by molar-refractivity contribution is 9.10. The van der Waals surface area contributed by atoms with Crippen LogP contribution in [0.3, 0.4) is 0 Å². The molecule has 0 saturated heterocycles. The third-order valence-electron chi connectivity index (χ3n) is 3.06. The van der Waals surface area contributed by atoms with Gasteiger partial charge in [-0.2, -0.15) is 5.10 Å². The fraction of sp³-hybridized carbons (Fsp3) is 0.286. The van der Waals surface area contributed by atoms with Gasteiger partial charge in [-0.05, 0) is 38.1 Å². The van der Waals surface area contributed by atoms with E-state index in [0.717, 1.165) is 21.4 Å². The number of aryl methyl sites for hydroxylation is 1. The number of benzene rings is 1. The third kappa shape index (κ3) is 3.46. The first-order chi connectivity index (χ1) is 9.47. The van der Waals surface area contributed by atoms with E-state index in [-0.39, 0.29) is 0 Å². The van der Waals surface area contributed by atoms with Crippen molar-refractivity contribution in [1.82, 2.24) is 15.1 Å². The molecule has 1 aromatic carbocycles. The Morgan fingerprint density at radius 3 is 2.70 bits per heavy atom. The first kappa shape index (κ1) is 14.7. The van der Waals surface area contributed by atoms with Crippen molar-refractivity contribution < 1.29 is 9.90 Å². The summed E-state index contributed by atoms with van der Waals surface area (Å²) in [5.74, 6) is -0.858. The minimum absolute atomic E-state index is 0.482. The molecule has 1 atom stereocenters. The first-order valence-corrected chi connectivity index (χ1v) is 7.04. The molecule has 0 radical (unpaired) electrons. The van der Waals surface area contributed by atoms with Gasteiger partial charge >= 0.3 is 5.97 Å². The van der Waals surface area contributed by atoms with Gasteiger partial charge in [-0.3, -0.25) is 4.79 Å². The van der Waals surface area contributed by atoms with Gasteiger partial charge in [-0.15, -0.1) is 0 Å². The van der Waals surface area contributed by atoms with Crippen LogP contribution in [-0.4, -0.2) is 26.9 Å². The molecule has 0 aliphatic heterocycles. The molecule has 1 heterocycles. The second-order valence-electron chi connectivity index (χ2n) is 4.60. The largest absolute Gasteiger partial charge is 0.480 e. The number of nitrogens with one attached hydrogen (secondary N) is 1. The van der Waals surface area contributed by atoms with Crippen LogP contribution in [0, 0.1) is 6.92 Å². The first-order valence-electron chi connectivity index (χ1n) is 6.24. The Hall–Kier alpha value is -1.66. The number of halogens is 1. The lowest BCUT2D eigenvalue weighted by atomic mass is 10.2. The fourth-order valence-electron chi connectivity index (χ4n) is 1.75. The van der Waals surface area contributed by atoms with Crippen LogP contribution < -0.4 is 5.32 Å². The van der Waals surface area contributed by atoms with E-state index in [0.29, 0.717) is 6.54 Å². The monoisotopic (exact) mass is 337 g/mol. The molecule has 0 aliphatic carbocycles. The smallest absolute Gasteiger partial charge is 0.320 e. The molecule has 0 saturated carbocycles. The molecule has 2 rings (SSSR count). The summed E-state index contributed by atoms with van der Waals surface area (Å²) >= 11 is 3.40. The number of carboxylic acid groups (broad SMARTS) is 1. The molecule has 6 heteroatoms. The summed E-state index contributed by atoms with van der Waals surface area (Å²) in [5.41, 5.74) is 2.84. The van der Waals surface area contributed by atoms with E-state index in [1.807, 2.05) is 37.4 Å². The van der Waals surface area contributed by atoms with Gasteiger partial charge in [-0.1, -0.05) is 15.9 Å². The van der Waals surface area contributed by atoms with E-state index in [2.05, 4.69) is 26.3 Å². The van der Waals surface area contributed by atoms with Gasteiger partial charge < -0.3 is 10.4 Å². The summed E-state index contributed by atoms with van der Waals surface area (Å²) in [6, 6.07) is 7.26. The number of rotatable bonds is 5. The van der Waals surface area contributed by atoms with Crippen molar-refractivity contribution in [2.45, 2.75) is 26.4 Å². The molecule has 1 unspecified atom stereocenters. The van der Waals surface area contributed by atoms with Gasteiger partial charge in [-0.25, -0.2) is 4.68 Å². The van der Waals surface area contributed by atoms with Crippen molar-refractivity contribution in [3.63, 3.8) is 0 Å². The van der Waals surface area contributed by atoms with Crippen molar-refractivity contribution in [2.24, 2.45) is 0 Å². The minimum atomic E-state index is -0.858. The highest BCUT2D eigenvalue weighted by Crippen LogP contribution is 2.15. The summed E-state index contributed by atoms with van der Waals surface area (Å²) in [4.78, 5) is 10.8. The lowest BCUT2D eigenvalue weighted by Gasteiger charge is -2.07. The average molecular weight is 338 g/mol. The van der Waals surface area contributed by atoms with Gasteiger partial charge in [0.15, 0.2) is 0 Å². The second kappa shape index (κ2) is 6.19. The molecule has 2 aromatic rings. The van der Waals surface area contributed by atoms with Crippen LogP contribution in [0.4, 0.5) is 0 Å². The summed E-state index contributed by atoms with van der Waals surface area (Å²) in [5, 5.41) is 16.3. The van der Waals surface area contributed by atoms with Gasteiger partial charge in [0.25, 0.3) is 0 Å². The molecule has 0 amide bonds. The minimum Gasteiger partial charge on any atom is -0.480 e. The quantitative estimate of drug-likeness (QED) is 0.879. The van der Waals surface area contributed by atoms with Crippen LogP contribution in [0.2, 0.25) is 0 Å². The summed E-state index contributed by atoms with van der Waals surface area (Å²) in [7, 11) is 0. The SMILES string of the molecule is Cc1nn(-c2ccc(Br)cc2)cc1CNC(C)C(=O)O. The number of aliphatic carboxylic acids is 1. The molecule has 0 bridgehead atoms. The maximum Gasteiger partial charge on any atom is 0.320 e. The topological polar surface area (TPSA) is 67.2 Å². The predicted octanol–water partition coefficient (Wildman–Crippen LogP) is 2.51. The molecule has 0 fully saturated rings. The van der Waals surface area contributed by atoms with Crippen LogP contribution in [0.5, 0.6) is 0 Å². The lowest BCUT2D eigenvalue weighted by Crippen LogP contribution is -2.33. The zero-order chi connectivity index (χ0) is 14.7. The molecule has 5 nitrogen and oxygen atoms in total. The van der Waals surface area contributed by atoms with Gasteiger partial charge in [0.2, 0.25) is 0 Å². The predicted molar refractivity (Wildman–Crippen MR) is 79.9 cm³/mol. The summed E-state index contributed by atoms with van der Waals surface area (Å²) in [6.07, 6.45) is 1.92. The molecule has 1 aromatic heterocycles. The maximum absolute atomic E-state index is 10.8. The van der Waals surface area contributed by atoms with Crippen molar-refractivity contribution >= 4 is 21.9 Å². The Morgan fingerprint density at radius 2 is 2.10 bits per heavy atom. The van der Waals surface area contributed by atoms with Gasteiger partial charge in [0.05, 0.1) is 11.4 Å². The van der Waals surface area contributed by atoms with E-state index in [1.54, 1.807) is 11.6 Å². The molecule has 20 heavy (non-hydrogen) atoms. The van der Waals surface area contributed by atoms with E-state index in [4.69, 9.17) is 5.11 Å². The summed E-state index contributed by atoms with van der Waals surface area (Å²) in [6.45, 7) is 4.02. The average Bonchev–Trinajstić information content (AvgIpc) is 2.78. The zero-order valence-electron chi connectivity index (χ0n) is 11.3. The van der Waals surface area contributed by atoms with Crippen molar-refractivity contribution in [2.75, 3.05) is 0 Å². The summed E-state index contributed by atoms with van der Waals surface area (Å²) < 4.78 is 2.81. The van der Waals surface area contributed by atoms with Crippen molar-refractivity contribution in [3.8, 4) is 5.69 Å².